The molecular formula is C17H22N2. The summed E-state index contributed by atoms with van der Waals surface area (Å²) in [5.74, 6) is 0. The van der Waals surface area contributed by atoms with E-state index in [2.05, 4.69) is 54.8 Å². The molecule has 2 heteroatoms. The highest BCUT2D eigenvalue weighted by molar-refractivity contribution is 5.75. The van der Waals surface area contributed by atoms with Crippen LogP contribution in [0.4, 0.5) is 0 Å². The van der Waals surface area contributed by atoms with Gasteiger partial charge in [0.1, 0.15) is 0 Å². The smallest absolute Gasteiger partial charge is 0.0964 e. The number of rotatable bonds is 6. The summed E-state index contributed by atoms with van der Waals surface area (Å²) in [5, 5.41) is 0. The number of benzene rings is 1. The Morgan fingerprint density at radius 3 is 2.68 bits per heavy atom. The Morgan fingerprint density at radius 2 is 2.00 bits per heavy atom. The van der Waals surface area contributed by atoms with Gasteiger partial charge in [-0.3, -0.25) is 0 Å². The van der Waals surface area contributed by atoms with Crippen molar-refractivity contribution < 1.29 is 0 Å². The molecule has 2 rings (SSSR count). The Kier molecular flexibility index (Phi) is 4.20. The lowest BCUT2D eigenvalue weighted by atomic mass is 10.0. The third-order valence-electron chi connectivity index (χ3n) is 3.47. The topological polar surface area (TPSA) is 17.8 Å². The monoisotopic (exact) mass is 254 g/mol. The summed E-state index contributed by atoms with van der Waals surface area (Å²) in [7, 11) is 0. The molecule has 1 heterocycles. The molecule has 1 aromatic heterocycles. The van der Waals surface area contributed by atoms with Crippen molar-refractivity contribution in [2.24, 2.45) is 0 Å². The van der Waals surface area contributed by atoms with Crippen LogP contribution in [0.15, 0.2) is 54.9 Å². The predicted molar refractivity (Wildman–Crippen MR) is 82.2 cm³/mol. The molecule has 0 saturated carbocycles. The minimum absolute atomic E-state index is 0.326. The van der Waals surface area contributed by atoms with Crippen LogP contribution in [0, 0.1) is 0 Å². The van der Waals surface area contributed by atoms with Gasteiger partial charge in [-0.15, -0.1) is 6.58 Å². The zero-order chi connectivity index (χ0) is 13.8. The fourth-order valence-corrected chi connectivity index (χ4v) is 2.45. The molecule has 0 spiro atoms. The Morgan fingerprint density at radius 1 is 1.26 bits per heavy atom. The summed E-state index contributed by atoms with van der Waals surface area (Å²) in [5.41, 5.74) is 4.67. The first kappa shape index (κ1) is 13.6. The van der Waals surface area contributed by atoms with Crippen molar-refractivity contribution in [3.05, 3.63) is 54.9 Å². The highest BCUT2D eigenvalue weighted by Crippen LogP contribution is 2.27. The zero-order valence-corrected chi connectivity index (χ0v) is 11.9. The van der Waals surface area contributed by atoms with Gasteiger partial charge < -0.3 is 4.57 Å². The zero-order valence-electron chi connectivity index (χ0n) is 11.9. The normalized spacial score (nSPS) is 12.5. The first-order chi connectivity index (χ1) is 9.09. The van der Waals surface area contributed by atoms with Gasteiger partial charge in [0.2, 0.25) is 0 Å². The molecule has 2 aromatic rings. The first-order valence-corrected chi connectivity index (χ1v) is 6.81. The minimum Gasteiger partial charge on any atom is -0.323 e. The molecule has 1 aromatic carbocycles. The summed E-state index contributed by atoms with van der Waals surface area (Å²) in [4.78, 5) is 4.47. The number of aromatic nitrogens is 2. The van der Waals surface area contributed by atoms with Crippen LogP contribution in [-0.2, 0) is 0 Å². The Balaban J connectivity index is 2.23. The Bertz CT molecular complexity index is 592. The summed E-state index contributed by atoms with van der Waals surface area (Å²) in [6.45, 7) is 12.3. The lowest BCUT2D eigenvalue weighted by Gasteiger charge is -2.19. The van der Waals surface area contributed by atoms with Gasteiger partial charge in [0.15, 0.2) is 0 Å². The van der Waals surface area contributed by atoms with Crippen molar-refractivity contribution in [1.29, 1.82) is 0 Å². The number of nitrogens with zero attached hydrogens (tertiary/aromatic N) is 2. The molecule has 1 unspecified atom stereocenters. The molecule has 1 atom stereocenters. The number of allylic oxidation sites excluding steroid dienone is 2. The van der Waals surface area contributed by atoms with Crippen molar-refractivity contribution in [3.8, 4) is 0 Å². The van der Waals surface area contributed by atoms with Crippen molar-refractivity contribution in [3.63, 3.8) is 0 Å². The van der Waals surface area contributed by atoms with Crippen LogP contribution in [0.5, 0.6) is 0 Å². The van der Waals surface area contributed by atoms with Crippen LogP contribution in [-0.4, -0.2) is 9.55 Å². The lowest BCUT2D eigenvalue weighted by Crippen LogP contribution is -2.09. The van der Waals surface area contributed by atoms with Crippen LogP contribution >= 0.6 is 0 Å². The first-order valence-electron chi connectivity index (χ1n) is 6.81. The van der Waals surface area contributed by atoms with E-state index in [1.165, 1.54) is 16.7 Å². The van der Waals surface area contributed by atoms with E-state index < -0.39 is 0 Å². The molecule has 2 nitrogen and oxygen atoms in total. The summed E-state index contributed by atoms with van der Waals surface area (Å²) in [6, 6.07) is 8.58. The van der Waals surface area contributed by atoms with E-state index in [0.717, 1.165) is 24.8 Å². The van der Waals surface area contributed by atoms with Gasteiger partial charge in [0.05, 0.1) is 23.4 Å². The van der Waals surface area contributed by atoms with E-state index in [9.17, 15) is 0 Å². The number of para-hydroxylation sites is 2. The molecule has 19 heavy (non-hydrogen) atoms. The summed E-state index contributed by atoms with van der Waals surface area (Å²) < 4.78 is 2.25. The molecule has 0 aliphatic rings. The van der Waals surface area contributed by atoms with Gasteiger partial charge in [-0.1, -0.05) is 29.9 Å². The third kappa shape index (κ3) is 3.14. The molecule has 0 aliphatic heterocycles. The molecule has 0 fully saturated rings. The number of fused-ring (bicyclic) bond motifs is 1. The second-order valence-electron chi connectivity index (χ2n) is 5.35. The van der Waals surface area contributed by atoms with Crippen molar-refractivity contribution in [2.45, 2.75) is 39.2 Å². The van der Waals surface area contributed by atoms with Crippen LogP contribution < -0.4 is 0 Å². The van der Waals surface area contributed by atoms with Crippen molar-refractivity contribution in [1.82, 2.24) is 9.55 Å². The van der Waals surface area contributed by atoms with E-state index in [-0.39, 0.29) is 0 Å². The van der Waals surface area contributed by atoms with Crippen LogP contribution in [0.2, 0.25) is 0 Å². The quantitative estimate of drug-likeness (QED) is 0.670. The highest BCUT2D eigenvalue weighted by Gasteiger charge is 2.14. The lowest BCUT2D eigenvalue weighted by molar-refractivity contribution is 0.522. The van der Waals surface area contributed by atoms with Crippen LogP contribution in [0.25, 0.3) is 11.0 Å². The summed E-state index contributed by atoms with van der Waals surface area (Å²) >= 11 is 0. The largest absolute Gasteiger partial charge is 0.323 e. The minimum atomic E-state index is 0.326. The molecule has 0 amide bonds. The van der Waals surface area contributed by atoms with Gasteiger partial charge >= 0.3 is 0 Å². The second-order valence-corrected chi connectivity index (χ2v) is 5.35. The average Bonchev–Trinajstić information content (AvgIpc) is 2.77. The number of hydrogen-bond acceptors (Lipinski definition) is 1. The fraction of sp³-hybridized carbons (Fsp3) is 0.353. The molecule has 0 saturated heterocycles. The van der Waals surface area contributed by atoms with E-state index in [1.54, 1.807) is 0 Å². The summed E-state index contributed by atoms with van der Waals surface area (Å²) in [6.07, 6.45) is 5.24. The standard InChI is InChI=1S/C17H22N2/c1-13(2)8-7-11-16(14(3)4)19-12-18-15-9-5-6-10-17(15)19/h5-6,9-10,12,16H,1,3,7-8,11H2,2,4H3. The van der Waals surface area contributed by atoms with Crippen LogP contribution in [0.1, 0.15) is 39.2 Å². The maximum Gasteiger partial charge on any atom is 0.0964 e. The Labute approximate surface area is 115 Å². The number of imidazole rings is 1. The number of hydrogen-bond donors (Lipinski definition) is 0. The van der Waals surface area contributed by atoms with Gasteiger partial charge in [0, 0.05) is 0 Å². The van der Waals surface area contributed by atoms with E-state index in [0.29, 0.717) is 6.04 Å². The molecule has 0 bridgehead atoms. The van der Waals surface area contributed by atoms with Crippen molar-refractivity contribution >= 4 is 11.0 Å². The van der Waals surface area contributed by atoms with Gasteiger partial charge in [-0.2, -0.15) is 0 Å². The average molecular weight is 254 g/mol. The fourth-order valence-electron chi connectivity index (χ4n) is 2.45. The third-order valence-corrected chi connectivity index (χ3v) is 3.47. The molecule has 0 radical (unpaired) electrons. The van der Waals surface area contributed by atoms with Crippen molar-refractivity contribution in [2.75, 3.05) is 0 Å². The van der Waals surface area contributed by atoms with E-state index >= 15 is 0 Å². The van der Waals surface area contributed by atoms with Gasteiger partial charge in [-0.25, -0.2) is 4.98 Å². The predicted octanol–water partition coefficient (Wildman–Crippen LogP) is 4.90. The SMILES string of the molecule is C=C(C)CCCC(C(=C)C)n1cnc2ccccc21. The van der Waals surface area contributed by atoms with Crippen LogP contribution in [0.3, 0.4) is 0 Å². The Hall–Kier alpha value is -1.83. The molecule has 100 valence electrons. The second kappa shape index (κ2) is 5.87. The van der Waals surface area contributed by atoms with E-state index in [1.807, 2.05) is 12.4 Å². The molecular weight excluding hydrogens is 232 g/mol. The molecule has 0 aliphatic carbocycles. The van der Waals surface area contributed by atoms with Gasteiger partial charge in [-0.05, 0) is 45.2 Å². The van der Waals surface area contributed by atoms with Gasteiger partial charge in [0.25, 0.3) is 0 Å². The maximum atomic E-state index is 4.47. The highest BCUT2D eigenvalue weighted by atomic mass is 15.1. The van der Waals surface area contributed by atoms with E-state index in [4.69, 9.17) is 0 Å². The molecule has 0 N–H and O–H groups in total. The maximum absolute atomic E-state index is 4.47.